The van der Waals surface area contributed by atoms with Crippen LogP contribution in [0.4, 0.5) is 5.13 Å². The van der Waals surface area contributed by atoms with Crippen molar-refractivity contribution in [3.05, 3.63) is 34.1 Å². The number of carbonyl (C=O) groups is 1. The van der Waals surface area contributed by atoms with Gasteiger partial charge in [0.15, 0.2) is 5.13 Å². The fraction of sp³-hybridized carbons (Fsp3) is 0.286. The smallest absolute Gasteiger partial charge is 0.240 e. The predicted octanol–water partition coefficient (Wildman–Crippen LogP) is 0.513. The summed E-state index contributed by atoms with van der Waals surface area (Å²) in [7, 11) is 0. The van der Waals surface area contributed by atoms with Crippen LogP contribution in [0.1, 0.15) is 13.8 Å². The molecule has 2 rings (SSSR count). The molecule has 0 atom stereocenters. The molecule has 2 aromatic rings. The molecule has 1 aromatic heterocycles. The summed E-state index contributed by atoms with van der Waals surface area (Å²) in [6.07, 6.45) is 0. The maximum absolute atomic E-state index is 11.7. The molecule has 114 valence electrons. The molecule has 0 aliphatic rings. The lowest BCUT2D eigenvalue weighted by atomic mass is 10.2. The van der Waals surface area contributed by atoms with E-state index in [0.29, 0.717) is 11.7 Å². The molecule has 0 aliphatic carbocycles. The van der Waals surface area contributed by atoms with Crippen molar-refractivity contribution in [2.75, 3.05) is 11.9 Å². The first-order valence-corrected chi connectivity index (χ1v) is 7.96. The first-order chi connectivity index (χ1) is 9.54. The fourth-order valence-corrected chi connectivity index (χ4v) is 2.54. The molecule has 0 fully saturated rings. The molecule has 0 aliphatic heterocycles. The molecule has 21 heavy (non-hydrogen) atoms. The first kappa shape index (κ1) is 18.1. The van der Waals surface area contributed by atoms with Gasteiger partial charge in [0.05, 0.1) is 12.2 Å². The molecule has 0 radical (unpaired) electrons. The topological polar surface area (TPSA) is 54.0 Å². The van der Waals surface area contributed by atoms with Gasteiger partial charge in [0.25, 0.3) is 0 Å². The van der Waals surface area contributed by atoms with Crippen LogP contribution in [0.5, 0.6) is 0 Å². The minimum Gasteiger partial charge on any atom is -1.00 e. The minimum absolute atomic E-state index is 0. The van der Waals surface area contributed by atoms with Crippen molar-refractivity contribution in [3.63, 3.8) is 0 Å². The molecule has 7 heteroatoms. The van der Waals surface area contributed by atoms with Crippen LogP contribution in [0.25, 0.3) is 11.3 Å². The van der Waals surface area contributed by atoms with E-state index in [1.165, 1.54) is 11.3 Å². The van der Waals surface area contributed by atoms with Gasteiger partial charge in [-0.25, -0.2) is 4.98 Å². The summed E-state index contributed by atoms with van der Waals surface area (Å²) in [6, 6.07) is 8.21. The molecule has 2 N–H and O–H groups in total. The van der Waals surface area contributed by atoms with Crippen molar-refractivity contribution in [2.24, 2.45) is 0 Å². The normalized spacial score (nSPS) is 10.3. The molecule has 0 spiro atoms. The van der Waals surface area contributed by atoms with Gasteiger partial charge >= 0.3 is 0 Å². The van der Waals surface area contributed by atoms with Gasteiger partial charge in [0.1, 0.15) is 0 Å². The van der Waals surface area contributed by atoms with E-state index in [1.807, 2.05) is 43.5 Å². The van der Waals surface area contributed by atoms with E-state index >= 15 is 0 Å². The third-order valence-corrected chi connectivity index (χ3v) is 3.85. The van der Waals surface area contributed by atoms with Crippen molar-refractivity contribution >= 4 is 38.3 Å². The third kappa shape index (κ3) is 5.74. The van der Waals surface area contributed by atoms with Crippen LogP contribution in [-0.2, 0) is 4.79 Å². The maximum atomic E-state index is 11.7. The number of thiazole rings is 1. The van der Waals surface area contributed by atoms with Crippen LogP contribution in [0.2, 0.25) is 0 Å². The van der Waals surface area contributed by atoms with Crippen molar-refractivity contribution in [2.45, 2.75) is 19.9 Å². The molecule has 4 nitrogen and oxygen atoms in total. The van der Waals surface area contributed by atoms with Crippen LogP contribution in [-0.4, -0.2) is 23.5 Å². The highest BCUT2D eigenvalue weighted by atomic mass is 79.9. The fourth-order valence-electron chi connectivity index (χ4n) is 1.54. The molecule has 0 unspecified atom stereocenters. The Morgan fingerprint density at radius 1 is 1.33 bits per heavy atom. The number of carbonyl (C=O) groups excluding carboxylic acids is 1. The maximum Gasteiger partial charge on any atom is 0.240 e. The zero-order valence-corrected chi connectivity index (χ0v) is 14.8. The Labute approximate surface area is 142 Å². The molecule has 1 aromatic carbocycles. The molecule has 0 saturated carbocycles. The minimum atomic E-state index is -0.0737. The van der Waals surface area contributed by atoms with Gasteiger partial charge in [-0.05, 0) is 12.1 Å². The summed E-state index contributed by atoms with van der Waals surface area (Å²) >= 11 is 4.83. The van der Waals surface area contributed by atoms with Gasteiger partial charge in [0, 0.05) is 21.5 Å². The number of halogens is 2. The molecule has 1 amide bonds. The van der Waals surface area contributed by atoms with E-state index in [0.717, 1.165) is 15.7 Å². The average Bonchev–Trinajstić information content (AvgIpc) is 2.85. The molecular formula is C14H16BrClN3OS-. The number of aromatic nitrogens is 1. The number of hydrogen-bond donors (Lipinski definition) is 2. The molecular weight excluding hydrogens is 374 g/mol. The van der Waals surface area contributed by atoms with Crippen molar-refractivity contribution < 1.29 is 17.2 Å². The lowest BCUT2D eigenvalue weighted by Gasteiger charge is -2.06. The predicted molar refractivity (Wildman–Crippen MR) is 87.0 cm³/mol. The standard InChI is InChI=1S/C14H16BrN3OS.ClH/c1-9(2)16-7-13(19)18-14-17-12(8-20-14)10-3-5-11(15)6-4-10;/h3-6,8-9,16H,7H2,1-2H3,(H,17,18,19);1H/p-1. The number of benzene rings is 1. The molecule has 1 heterocycles. The highest BCUT2D eigenvalue weighted by Crippen LogP contribution is 2.25. The monoisotopic (exact) mass is 388 g/mol. The number of hydrogen-bond acceptors (Lipinski definition) is 4. The summed E-state index contributed by atoms with van der Waals surface area (Å²) < 4.78 is 1.03. The number of nitrogens with one attached hydrogen (secondary N) is 2. The highest BCUT2D eigenvalue weighted by molar-refractivity contribution is 9.10. The summed E-state index contributed by atoms with van der Waals surface area (Å²) in [5, 5.41) is 8.43. The van der Waals surface area contributed by atoms with E-state index < -0.39 is 0 Å². The van der Waals surface area contributed by atoms with Crippen molar-refractivity contribution in [3.8, 4) is 11.3 Å². The Kier molecular flexibility index (Phi) is 7.31. The van der Waals surface area contributed by atoms with Crippen molar-refractivity contribution in [1.29, 1.82) is 0 Å². The van der Waals surface area contributed by atoms with E-state index in [4.69, 9.17) is 0 Å². The average molecular weight is 390 g/mol. The number of rotatable bonds is 5. The lowest BCUT2D eigenvalue weighted by molar-refractivity contribution is -0.115. The highest BCUT2D eigenvalue weighted by Gasteiger charge is 2.08. The Balaban J connectivity index is 0.00000220. The van der Waals surface area contributed by atoms with E-state index in [1.54, 1.807) is 0 Å². The van der Waals surface area contributed by atoms with E-state index in [-0.39, 0.29) is 24.4 Å². The second-order valence-electron chi connectivity index (χ2n) is 4.63. The van der Waals surface area contributed by atoms with Gasteiger partial charge in [0.2, 0.25) is 5.91 Å². The second kappa shape index (κ2) is 8.48. The van der Waals surface area contributed by atoms with E-state index in [9.17, 15) is 4.79 Å². The Morgan fingerprint density at radius 3 is 2.62 bits per heavy atom. The van der Waals surface area contributed by atoms with Crippen LogP contribution in [0, 0.1) is 0 Å². The zero-order valence-electron chi connectivity index (χ0n) is 11.7. The van der Waals surface area contributed by atoms with Gasteiger partial charge < -0.3 is 23.0 Å². The number of anilines is 1. The van der Waals surface area contributed by atoms with Gasteiger partial charge in [-0.1, -0.05) is 41.9 Å². The number of nitrogens with zero attached hydrogens (tertiary/aromatic N) is 1. The summed E-state index contributed by atoms with van der Waals surface area (Å²) in [5.41, 5.74) is 1.90. The number of amides is 1. The zero-order chi connectivity index (χ0) is 14.5. The summed E-state index contributed by atoms with van der Waals surface area (Å²) in [4.78, 5) is 16.1. The summed E-state index contributed by atoms with van der Waals surface area (Å²) in [6.45, 7) is 4.30. The van der Waals surface area contributed by atoms with Crippen molar-refractivity contribution in [1.82, 2.24) is 10.3 Å². The quantitative estimate of drug-likeness (QED) is 0.784. The Bertz CT molecular complexity index is 586. The Hall–Kier alpha value is -0.950. The SMILES string of the molecule is CC(C)NCC(=O)Nc1nc(-c2ccc(Br)cc2)cs1.[Cl-]. The van der Waals surface area contributed by atoms with Crippen LogP contribution in [0.3, 0.4) is 0 Å². The van der Waals surface area contributed by atoms with Gasteiger partial charge in [-0.2, -0.15) is 0 Å². The third-order valence-electron chi connectivity index (χ3n) is 2.56. The Morgan fingerprint density at radius 2 is 2.00 bits per heavy atom. The summed E-state index contributed by atoms with van der Waals surface area (Å²) in [5.74, 6) is -0.0737. The van der Waals surface area contributed by atoms with Gasteiger partial charge in [-0.15, -0.1) is 11.3 Å². The van der Waals surface area contributed by atoms with E-state index in [2.05, 4.69) is 31.5 Å². The molecule has 0 bridgehead atoms. The van der Waals surface area contributed by atoms with Crippen LogP contribution < -0.4 is 23.0 Å². The second-order valence-corrected chi connectivity index (χ2v) is 6.40. The van der Waals surface area contributed by atoms with Crippen LogP contribution >= 0.6 is 27.3 Å². The van der Waals surface area contributed by atoms with Gasteiger partial charge in [-0.3, -0.25) is 4.79 Å². The largest absolute Gasteiger partial charge is 1.00 e. The first-order valence-electron chi connectivity index (χ1n) is 6.29. The lowest BCUT2D eigenvalue weighted by Crippen LogP contribution is -3.00. The van der Waals surface area contributed by atoms with Crippen LogP contribution in [0.15, 0.2) is 34.1 Å². The molecule has 0 saturated heterocycles.